The van der Waals surface area contributed by atoms with Crippen LogP contribution < -0.4 is 15.0 Å². The zero-order valence-corrected chi connectivity index (χ0v) is 16.7. The van der Waals surface area contributed by atoms with E-state index in [0.717, 1.165) is 10.9 Å². The standard InChI is InChI=1S/C22H19N5O4.CH4/c1-26-18-9-15-7-8-30-19(15)10-20(18)31-13-17(22(26)29)23-21(28)16-12-27(25-24-16)11-14-5-3-2-4-6-14;/h2-10,12,17H,11,13H2,1H3,(H,23,28);1H4/t17-;/m0./s1. The Morgan fingerprint density at radius 3 is 2.84 bits per heavy atom. The van der Waals surface area contributed by atoms with Gasteiger partial charge in [-0.3, -0.25) is 9.59 Å². The maximum absolute atomic E-state index is 13.0. The molecule has 5 rings (SSSR count). The Hall–Kier alpha value is -4.14. The largest absolute Gasteiger partial charge is 0.489 e. The third-order valence-corrected chi connectivity index (χ3v) is 5.19. The van der Waals surface area contributed by atoms with Gasteiger partial charge in [-0.25, -0.2) is 4.68 Å². The van der Waals surface area contributed by atoms with Gasteiger partial charge in [-0.2, -0.15) is 0 Å². The monoisotopic (exact) mass is 433 g/mol. The van der Waals surface area contributed by atoms with Gasteiger partial charge >= 0.3 is 0 Å². The SMILES string of the molecule is C.CN1C(=O)[C@@H](NC(=O)c2cn(Cc3ccccc3)nn2)COc2cc3occc3cc21. The smallest absolute Gasteiger partial charge is 0.274 e. The molecule has 164 valence electrons. The summed E-state index contributed by atoms with van der Waals surface area (Å²) >= 11 is 0. The van der Waals surface area contributed by atoms with Gasteiger partial charge in [-0.15, -0.1) is 5.10 Å². The number of benzene rings is 2. The molecule has 0 unspecified atom stereocenters. The number of fused-ring (bicyclic) bond motifs is 2. The zero-order valence-electron chi connectivity index (χ0n) is 16.7. The maximum atomic E-state index is 13.0. The molecule has 4 aromatic rings. The molecule has 32 heavy (non-hydrogen) atoms. The highest BCUT2D eigenvalue weighted by Gasteiger charge is 2.31. The summed E-state index contributed by atoms with van der Waals surface area (Å²) in [5, 5.41) is 11.5. The van der Waals surface area contributed by atoms with Gasteiger partial charge in [0.15, 0.2) is 5.69 Å². The van der Waals surface area contributed by atoms with Crippen molar-refractivity contribution in [3.63, 3.8) is 0 Å². The van der Waals surface area contributed by atoms with Crippen LogP contribution >= 0.6 is 0 Å². The predicted molar refractivity (Wildman–Crippen MR) is 119 cm³/mol. The molecule has 0 bridgehead atoms. The molecule has 2 aromatic carbocycles. The normalized spacial score (nSPS) is 15.5. The van der Waals surface area contributed by atoms with E-state index in [1.54, 1.807) is 30.3 Å². The lowest BCUT2D eigenvalue weighted by molar-refractivity contribution is -0.120. The van der Waals surface area contributed by atoms with Gasteiger partial charge in [-0.1, -0.05) is 43.0 Å². The Morgan fingerprint density at radius 2 is 2.03 bits per heavy atom. The Morgan fingerprint density at radius 1 is 1.22 bits per heavy atom. The fourth-order valence-electron chi connectivity index (χ4n) is 3.54. The minimum atomic E-state index is -0.865. The van der Waals surface area contributed by atoms with Crippen LogP contribution in [0.25, 0.3) is 11.0 Å². The van der Waals surface area contributed by atoms with E-state index in [-0.39, 0.29) is 25.6 Å². The van der Waals surface area contributed by atoms with Gasteiger partial charge in [0.05, 0.1) is 24.7 Å². The highest BCUT2D eigenvalue weighted by molar-refractivity contribution is 6.04. The summed E-state index contributed by atoms with van der Waals surface area (Å²) < 4.78 is 12.8. The summed E-state index contributed by atoms with van der Waals surface area (Å²) in [7, 11) is 1.65. The Balaban J connectivity index is 0.00000245. The van der Waals surface area contributed by atoms with Crippen molar-refractivity contribution in [2.45, 2.75) is 20.0 Å². The molecule has 1 N–H and O–H groups in total. The van der Waals surface area contributed by atoms with Gasteiger partial charge in [-0.05, 0) is 17.7 Å². The number of hydrogen-bond acceptors (Lipinski definition) is 6. The zero-order chi connectivity index (χ0) is 21.4. The van der Waals surface area contributed by atoms with Crippen molar-refractivity contribution in [3.05, 3.63) is 72.2 Å². The van der Waals surface area contributed by atoms with Crippen molar-refractivity contribution in [2.75, 3.05) is 18.6 Å². The lowest BCUT2D eigenvalue weighted by Gasteiger charge is -2.20. The fraction of sp³-hybridized carbons (Fsp3) is 0.217. The molecule has 9 heteroatoms. The number of anilines is 1. The van der Waals surface area contributed by atoms with E-state index in [1.807, 2.05) is 42.5 Å². The van der Waals surface area contributed by atoms with Crippen molar-refractivity contribution in [1.29, 1.82) is 0 Å². The molecular formula is C23H23N5O4. The van der Waals surface area contributed by atoms with Gasteiger partial charge in [0.1, 0.15) is 24.0 Å². The van der Waals surface area contributed by atoms with Crippen LogP contribution in [-0.4, -0.2) is 46.5 Å². The molecule has 0 saturated carbocycles. The van der Waals surface area contributed by atoms with Gasteiger partial charge in [0, 0.05) is 18.5 Å². The molecule has 1 aliphatic heterocycles. The van der Waals surface area contributed by atoms with E-state index >= 15 is 0 Å². The van der Waals surface area contributed by atoms with E-state index < -0.39 is 11.9 Å². The average Bonchev–Trinajstić information content (AvgIpc) is 3.42. The van der Waals surface area contributed by atoms with Crippen LogP contribution in [0.3, 0.4) is 0 Å². The van der Waals surface area contributed by atoms with E-state index in [1.165, 1.54) is 4.90 Å². The first-order chi connectivity index (χ1) is 15.1. The summed E-state index contributed by atoms with van der Waals surface area (Å²) in [4.78, 5) is 27.1. The van der Waals surface area contributed by atoms with E-state index in [4.69, 9.17) is 9.15 Å². The molecule has 2 aromatic heterocycles. The number of carbonyl (C=O) groups is 2. The Bertz CT molecular complexity index is 1260. The lowest BCUT2D eigenvalue weighted by Crippen LogP contribution is -2.49. The predicted octanol–water partition coefficient (Wildman–Crippen LogP) is 2.86. The third-order valence-electron chi connectivity index (χ3n) is 5.19. The van der Waals surface area contributed by atoms with Gasteiger partial charge in [0.2, 0.25) is 0 Å². The minimum absolute atomic E-state index is 0. The number of nitrogens with zero attached hydrogens (tertiary/aromatic N) is 4. The van der Waals surface area contributed by atoms with Crippen molar-refractivity contribution in [2.24, 2.45) is 0 Å². The van der Waals surface area contributed by atoms with Crippen LogP contribution in [0.4, 0.5) is 5.69 Å². The van der Waals surface area contributed by atoms with Crippen LogP contribution in [0.2, 0.25) is 0 Å². The molecule has 1 aliphatic rings. The number of rotatable bonds is 4. The van der Waals surface area contributed by atoms with Crippen molar-refractivity contribution < 1.29 is 18.7 Å². The molecule has 0 aliphatic carbocycles. The fourth-order valence-corrected chi connectivity index (χ4v) is 3.54. The third kappa shape index (κ3) is 3.92. The van der Waals surface area contributed by atoms with Crippen molar-refractivity contribution in [1.82, 2.24) is 20.3 Å². The number of hydrogen-bond donors (Lipinski definition) is 1. The molecule has 3 heterocycles. The number of ether oxygens (including phenoxy) is 1. The highest BCUT2D eigenvalue weighted by atomic mass is 16.5. The number of furan rings is 1. The number of carbonyl (C=O) groups excluding carboxylic acids is 2. The van der Waals surface area contributed by atoms with E-state index in [9.17, 15) is 9.59 Å². The molecule has 2 amide bonds. The van der Waals surface area contributed by atoms with E-state index in [0.29, 0.717) is 23.6 Å². The van der Waals surface area contributed by atoms with Crippen LogP contribution in [0, 0.1) is 0 Å². The Kier molecular flexibility index (Phi) is 5.63. The number of nitrogens with one attached hydrogen (secondary N) is 1. The first-order valence-electron chi connectivity index (χ1n) is 9.75. The summed E-state index contributed by atoms with van der Waals surface area (Å²) in [5.74, 6) is -0.259. The average molecular weight is 433 g/mol. The summed E-state index contributed by atoms with van der Waals surface area (Å²) in [6.45, 7) is 0.484. The number of amides is 2. The molecule has 9 nitrogen and oxygen atoms in total. The topological polar surface area (TPSA) is 102 Å². The number of likely N-dealkylation sites (N-methyl/N-ethyl adjacent to an activating group) is 1. The van der Waals surface area contributed by atoms with Crippen LogP contribution in [0.5, 0.6) is 5.75 Å². The van der Waals surface area contributed by atoms with Crippen LogP contribution in [-0.2, 0) is 11.3 Å². The first-order valence-corrected chi connectivity index (χ1v) is 9.75. The quantitative estimate of drug-likeness (QED) is 0.531. The molecule has 0 saturated heterocycles. The molecule has 0 radical (unpaired) electrons. The second-order valence-electron chi connectivity index (χ2n) is 7.30. The summed E-state index contributed by atoms with van der Waals surface area (Å²) in [5.41, 5.74) is 2.45. The van der Waals surface area contributed by atoms with Crippen LogP contribution in [0.1, 0.15) is 23.5 Å². The minimum Gasteiger partial charge on any atom is -0.489 e. The first kappa shape index (κ1) is 21.1. The molecule has 0 fully saturated rings. The van der Waals surface area contributed by atoms with E-state index in [2.05, 4.69) is 15.6 Å². The summed E-state index contributed by atoms with van der Waals surface area (Å²) in [6, 6.07) is 14.3. The van der Waals surface area contributed by atoms with Crippen LogP contribution in [0.15, 0.2) is 65.4 Å². The van der Waals surface area contributed by atoms with Crippen molar-refractivity contribution >= 4 is 28.5 Å². The second kappa shape index (κ2) is 8.54. The molecular weight excluding hydrogens is 410 g/mol. The maximum Gasteiger partial charge on any atom is 0.274 e. The molecule has 0 spiro atoms. The lowest BCUT2D eigenvalue weighted by atomic mass is 10.2. The number of aromatic nitrogens is 3. The van der Waals surface area contributed by atoms with Gasteiger partial charge in [0.25, 0.3) is 11.8 Å². The summed E-state index contributed by atoms with van der Waals surface area (Å²) in [6.07, 6.45) is 3.14. The van der Waals surface area contributed by atoms with Crippen molar-refractivity contribution in [3.8, 4) is 5.75 Å². The van der Waals surface area contributed by atoms with Gasteiger partial charge < -0.3 is 19.4 Å². The second-order valence-corrected chi connectivity index (χ2v) is 7.30. The highest BCUT2D eigenvalue weighted by Crippen LogP contribution is 2.35. The Labute approximate surface area is 184 Å². The molecule has 1 atom stereocenters.